The van der Waals surface area contributed by atoms with Crippen molar-refractivity contribution >= 4 is 23.2 Å². The number of anilines is 1. The van der Waals surface area contributed by atoms with E-state index in [4.69, 9.17) is 16.3 Å². The zero-order valence-corrected chi connectivity index (χ0v) is 11.6. The fraction of sp³-hybridized carbons (Fsp3) is 0.133. The molecular formula is C15H13ClFNO2. The van der Waals surface area contributed by atoms with Crippen molar-refractivity contribution in [3.05, 3.63) is 59.4 Å². The van der Waals surface area contributed by atoms with E-state index < -0.39 is 11.7 Å². The maximum absolute atomic E-state index is 13.8. The zero-order valence-electron chi connectivity index (χ0n) is 10.8. The lowest BCUT2D eigenvalue weighted by atomic mass is 10.1. The van der Waals surface area contributed by atoms with Crippen LogP contribution >= 0.6 is 11.6 Å². The van der Waals surface area contributed by atoms with Crippen LogP contribution in [0, 0.1) is 5.82 Å². The molecule has 0 aromatic heterocycles. The van der Waals surface area contributed by atoms with Crippen LogP contribution in [0.2, 0.25) is 0 Å². The number of ether oxygens (including phenoxy) is 1. The summed E-state index contributed by atoms with van der Waals surface area (Å²) < 4.78 is 18.8. The molecule has 3 nitrogen and oxygen atoms in total. The summed E-state index contributed by atoms with van der Waals surface area (Å²) in [5.41, 5.74) is 1.39. The number of hydrogen-bond donors (Lipinski definition) is 1. The minimum atomic E-state index is -0.626. The SMILES string of the molecule is COc1cccc(F)c1C(=O)Nc1ccc(CCl)cc1. The van der Waals surface area contributed by atoms with Crippen LogP contribution in [0.5, 0.6) is 5.75 Å². The highest BCUT2D eigenvalue weighted by Crippen LogP contribution is 2.22. The van der Waals surface area contributed by atoms with Gasteiger partial charge >= 0.3 is 0 Å². The second kappa shape index (κ2) is 6.39. The summed E-state index contributed by atoms with van der Waals surface area (Å²) >= 11 is 5.69. The number of carbonyl (C=O) groups is 1. The Labute approximate surface area is 121 Å². The van der Waals surface area contributed by atoms with Crippen molar-refractivity contribution in [1.29, 1.82) is 0 Å². The van der Waals surface area contributed by atoms with Gasteiger partial charge < -0.3 is 10.1 Å². The third-order valence-electron chi connectivity index (χ3n) is 2.79. The predicted octanol–water partition coefficient (Wildman–Crippen LogP) is 3.83. The van der Waals surface area contributed by atoms with Crippen LogP contribution in [0.4, 0.5) is 10.1 Å². The molecule has 0 fully saturated rings. The van der Waals surface area contributed by atoms with Crippen molar-refractivity contribution in [2.75, 3.05) is 12.4 Å². The summed E-state index contributed by atoms with van der Waals surface area (Å²) in [6.07, 6.45) is 0. The number of halogens is 2. The fourth-order valence-corrected chi connectivity index (χ4v) is 1.94. The number of alkyl halides is 1. The topological polar surface area (TPSA) is 38.3 Å². The third kappa shape index (κ3) is 3.08. The molecule has 20 heavy (non-hydrogen) atoms. The molecular weight excluding hydrogens is 281 g/mol. The number of carbonyl (C=O) groups excluding carboxylic acids is 1. The Morgan fingerprint density at radius 1 is 1.25 bits per heavy atom. The van der Waals surface area contributed by atoms with Crippen LogP contribution in [-0.2, 0) is 5.88 Å². The highest BCUT2D eigenvalue weighted by molar-refractivity contribution is 6.17. The van der Waals surface area contributed by atoms with Crippen LogP contribution in [0.3, 0.4) is 0 Å². The molecule has 0 atom stereocenters. The van der Waals surface area contributed by atoms with Crippen LogP contribution in [0.15, 0.2) is 42.5 Å². The van der Waals surface area contributed by atoms with Crippen molar-refractivity contribution in [1.82, 2.24) is 0 Å². The molecule has 0 saturated carbocycles. The van der Waals surface area contributed by atoms with Crippen LogP contribution < -0.4 is 10.1 Å². The van der Waals surface area contributed by atoms with E-state index in [1.54, 1.807) is 24.3 Å². The second-order valence-electron chi connectivity index (χ2n) is 4.10. The Hall–Kier alpha value is -2.07. The van der Waals surface area contributed by atoms with E-state index in [9.17, 15) is 9.18 Å². The average molecular weight is 294 g/mol. The number of rotatable bonds is 4. The lowest BCUT2D eigenvalue weighted by molar-refractivity contribution is 0.102. The van der Waals surface area contributed by atoms with E-state index in [0.717, 1.165) is 5.56 Å². The summed E-state index contributed by atoms with van der Waals surface area (Å²) in [5, 5.41) is 2.62. The van der Waals surface area contributed by atoms with Crippen molar-refractivity contribution in [3.63, 3.8) is 0 Å². The van der Waals surface area contributed by atoms with Crippen LogP contribution in [0.1, 0.15) is 15.9 Å². The quantitative estimate of drug-likeness (QED) is 0.870. The van der Waals surface area contributed by atoms with Gasteiger partial charge in [0.25, 0.3) is 5.91 Å². The maximum Gasteiger partial charge on any atom is 0.262 e. The Bertz CT molecular complexity index is 614. The first-order chi connectivity index (χ1) is 9.65. The molecule has 0 spiro atoms. The molecule has 104 valence electrons. The van der Waals surface area contributed by atoms with Crippen LogP contribution in [-0.4, -0.2) is 13.0 Å². The number of methoxy groups -OCH3 is 1. The van der Waals surface area contributed by atoms with E-state index >= 15 is 0 Å². The normalized spacial score (nSPS) is 10.2. The lowest BCUT2D eigenvalue weighted by Crippen LogP contribution is -2.15. The van der Waals surface area contributed by atoms with Gasteiger partial charge in [-0.15, -0.1) is 11.6 Å². The number of nitrogens with one attached hydrogen (secondary N) is 1. The molecule has 2 aromatic carbocycles. The summed E-state index contributed by atoms with van der Waals surface area (Å²) in [7, 11) is 1.39. The van der Waals surface area contributed by atoms with Gasteiger partial charge in [-0.05, 0) is 29.8 Å². The number of amides is 1. The number of hydrogen-bond acceptors (Lipinski definition) is 2. The molecule has 0 saturated heterocycles. The highest BCUT2D eigenvalue weighted by Gasteiger charge is 2.17. The Morgan fingerprint density at radius 3 is 2.55 bits per heavy atom. The standard InChI is InChI=1S/C15H13ClFNO2/c1-20-13-4-2-3-12(17)14(13)15(19)18-11-7-5-10(9-16)6-8-11/h2-8H,9H2,1H3,(H,18,19). The molecule has 2 rings (SSSR count). The molecule has 0 unspecified atom stereocenters. The average Bonchev–Trinajstić information content (AvgIpc) is 2.47. The molecule has 1 N–H and O–H groups in total. The summed E-state index contributed by atoms with van der Waals surface area (Å²) in [5.74, 6) is -0.590. The molecule has 0 radical (unpaired) electrons. The molecule has 0 bridgehead atoms. The minimum absolute atomic E-state index is 0.114. The summed E-state index contributed by atoms with van der Waals surface area (Å²) in [6, 6.07) is 11.2. The van der Waals surface area contributed by atoms with Gasteiger partial charge in [-0.1, -0.05) is 18.2 Å². The van der Waals surface area contributed by atoms with E-state index in [-0.39, 0.29) is 11.3 Å². The first kappa shape index (κ1) is 14.3. The van der Waals surface area contributed by atoms with Gasteiger partial charge in [0.05, 0.1) is 7.11 Å². The molecule has 0 heterocycles. The monoisotopic (exact) mass is 293 g/mol. The highest BCUT2D eigenvalue weighted by atomic mass is 35.5. The first-order valence-electron chi connectivity index (χ1n) is 5.94. The molecule has 5 heteroatoms. The van der Waals surface area contributed by atoms with Gasteiger partial charge in [0, 0.05) is 11.6 Å². The molecule has 0 aliphatic rings. The Morgan fingerprint density at radius 2 is 1.95 bits per heavy atom. The van der Waals surface area contributed by atoms with Crippen molar-refractivity contribution in [3.8, 4) is 5.75 Å². The van der Waals surface area contributed by atoms with E-state index in [2.05, 4.69) is 5.32 Å². The van der Waals surface area contributed by atoms with Gasteiger partial charge in [0.15, 0.2) is 0 Å². The van der Waals surface area contributed by atoms with Crippen molar-refractivity contribution < 1.29 is 13.9 Å². The first-order valence-corrected chi connectivity index (χ1v) is 6.48. The summed E-state index contributed by atoms with van der Waals surface area (Å²) in [4.78, 5) is 12.1. The Kier molecular flexibility index (Phi) is 4.58. The van der Waals surface area contributed by atoms with E-state index in [0.29, 0.717) is 11.6 Å². The van der Waals surface area contributed by atoms with E-state index in [1.807, 2.05) is 0 Å². The predicted molar refractivity (Wildman–Crippen MR) is 76.9 cm³/mol. The molecule has 2 aromatic rings. The smallest absolute Gasteiger partial charge is 0.262 e. The zero-order chi connectivity index (χ0) is 14.5. The van der Waals surface area contributed by atoms with Crippen molar-refractivity contribution in [2.45, 2.75) is 5.88 Å². The number of benzene rings is 2. The van der Waals surface area contributed by atoms with Gasteiger partial charge in [-0.3, -0.25) is 4.79 Å². The molecule has 0 aliphatic carbocycles. The second-order valence-corrected chi connectivity index (χ2v) is 4.37. The van der Waals surface area contributed by atoms with Gasteiger partial charge in [0.1, 0.15) is 17.1 Å². The molecule has 0 aliphatic heterocycles. The Balaban J connectivity index is 2.23. The summed E-state index contributed by atoms with van der Waals surface area (Å²) in [6.45, 7) is 0. The maximum atomic E-state index is 13.8. The van der Waals surface area contributed by atoms with Crippen LogP contribution in [0.25, 0.3) is 0 Å². The van der Waals surface area contributed by atoms with Gasteiger partial charge in [-0.25, -0.2) is 4.39 Å². The fourth-order valence-electron chi connectivity index (χ4n) is 1.77. The lowest BCUT2D eigenvalue weighted by Gasteiger charge is -2.10. The van der Waals surface area contributed by atoms with E-state index in [1.165, 1.54) is 25.3 Å². The van der Waals surface area contributed by atoms with Gasteiger partial charge in [-0.2, -0.15) is 0 Å². The molecule has 1 amide bonds. The largest absolute Gasteiger partial charge is 0.496 e. The van der Waals surface area contributed by atoms with Gasteiger partial charge in [0.2, 0.25) is 0 Å². The minimum Gasteiger partial charge on any atom is -0.496 e. The van der Waals surface area contributed by atoms with Crippen molar-refractivity contribution in [2.24, 2.45) is 0 Å². The third-order valence-corrected chi connectivity index (χ3v) is 3.10.